The molecule has 172 valence electrons. The van der Waals surface area contributed by atoms with Gasteiger partial charge in [-0.15, -0.1) is 0 Å². The van der Waals surface area contributed by atoms with Crippen LogP contribution in [0.15, 0.2) is 72.1 Å². The summed E-state index contributed by atoms with van der Waals surface area (Å²) in [5.74, 6) is 0. The third-order valence-electron chi connectivity index (χ3n) is 4.95. The summed E-state index contributed by atoms with van der Waals surface area (Å²) in [6.07, 6.45) is 5.49. The van der Waals surface area contributed by atoms with E-state index in [1.54, 1.807) is 24.7 Å². The molecule has 1 unspecified atom stereocenters. The van der Waals surface area contributed by atoms with Crippen molar-refractivity contribution in [1.29, 1.82) is 0 Å². The van der Waals surface area contributed by atoms with Gasteiger partial charge in [0.05, 0.1) is 30.5 Å². The van der Waals surface area contributed by atoms with Crippen LogP contribution in [-0.4, -0.2) is 48.5 Å². The first-order valence-electron chi connectivity index (χ1n) is 10.3. The second-order valence-corrected chi connectivity index (χ2v) is 9.59. The van der Waals surface area contributed by atoms with E-state index in [9.17, 15) is 13.5 Å². The van der Waals surface area contributed by atoms with Gasteiger partial charge in [0, 0.05) is 24.0 Å². The maximum absolute atomic E-state index is 12.5. The first-order valence-corrected chi connectivity index (χ1v) is 12.1. The maximum atomic E-state index is 12.5. The number of hydrogen-bond donors (Lipinski definition) is 1. The molecule has 3 aromatic rings. The van der Waals surface area contributed by atoms with E-state index in [1.807, 2.05) is 42.0 Å². The average Bonchev–Trinajstić information content (AvgIpc) is 3.29. The number of hydrogen-bond acceptors (Lipinski definition) is 6. The van der Waals surface area contributed by atoms with Gasteiger partial charge in [0.2, 0.25) is 0 Å². The Morgan fingerprint density at radius 1 is 1.09 bits per heavy atom. The van der Waals surface area contributed by atoms with Crippen molar-refractivity contribution >= 4 is 21.7 Å². The van der Waals surface area contributed by atoms with Crippen LogP contribution in [0.3, 0.4) is 0 Å². The third kappa shape index (κ3) is 7.43. The van der Waals surface area contributed by atoms with Crippen molar-refractivity contribution in [3.05, 3.63) is 83.4 Å². The fourth-order valence-corrected chi connectivity index (χ4v) is 4.22. The molecule has 9 heteroatoms. The van der Waals surface area contributed by atoms with Crippen molar-refractivity contribution in [1.82, 2.24) is 9.55 Å². The van der Waals surface area contributed by atoms with Gasteiger partial charge in [-0.1, -0.05) is 41.4 Å². The highest BCUT2D eigenvalue weighted by atomic mass is 35.5. The summed E-state index contributed by atoms with van der Waals surface area (Å²) in [7, 11) is -3.95. The maximum Gasteiger partial charge on any atom is 0.297 e. The molecule has 0 amide bonds. The standard InChI is InChI=1S/C23H27ClN2O5S/c1-18-2-10-23(11-3-18)32(28,29)30-16-22(15-27)31-21(14-26-13-12-25-17-26)9-6-19-4-7-20(24)8-5-19/h2-5,7-8,10-13,17,21-22,27H,6,9,14-16H2,1H3/t21?,22-/m1/s1. The molecule has 3 rings (SSSR count). The van der Waals surface area contributed by atoms with Crippen LogP contribution in [0.25, 0.3) is 0 Å². The van der Waals surface area contributed by atoms with Crippen molar-refractivity contribution in [2.45, 2.75) is 43.4 Å². The van der Waals surface area contributed by atoms with Gasteiger partial charge < -0.3 is 14.4 Å². The van der Waals surface area contributed by atoms with Gasteiger partial charge in [0.15, 0.2) is 0 Å². The minimum Gasteiger partial charge on any atom is -0.394 e. The SMILES string of the molecule is Cc1ccc(S(=O)(=O)OC[C@@H](CO)OC(CCc2ccc(Cl)cc2)Cn2ccnc2)cc1. The molecule has 0 saturated heterocycles. The molecular formula is C23H27ClN2O5S. The summed E-state index contributed by atoms with van der Waals surface area (Å²) in [6.45, 7) is 1.73. The fraction of sp³-hybridized carbons (Fsp3) is 0.348. The lowest BCUT2D eigenvalue weighted by Gasteiger charge is -2.24. The van der Waals surface area contributed by atoms with Crippen LogP contribution in [0.5, 0.6) is 0 Å². The highest BCUT2D eigenvalue weighted by Gasteiger charge is 2.22. The largest absolute Gasteiger partial charge is 0.394 e. The lowest BCUT2D eigenvalue weighted by Crippen LogP contribution is -2.33. The Morgan fingerprint density at radius 2 is 1.81 bits per heavy atom. The molecule has 2 atom stereocenters. The summed E-state index contributed by atoms with van der Waals surface area (Å²) in [6, 6.07) is 14.0. The lowest BCUT2D eigenvalue weighted by atomic mass is 10.1. The van der Waals surface area contributed by atoms with Crippen LogP contribution < -0.4 is 0 Å². The smallest absolute Gasteiger partial charge is 0.297 e. The molecule has 0 aliphatic heterocycles. The molecule has 0 aliphatic carbocycles. The van der Waals surface area contributed by atoms with Crippen LogP contribution in [-0.2, 0) is 32.0 Å². The second-order valence-electron chi connectivity index (χ2n) is 7.54. The zero-order valence-corrected chi connectivity index (χ0v) is 19.4. The van der Waals surface area contributed by atoms with E-state index in [0.29, 0.717) is 18.0 Å². The quantitative estimate of drug-likeness (QED) is 0.400. The average molecular weight is 479 g/mol. The van der Waals surface area contributed by atoms with Gasteiger partial charge in [0.25, 0.3) is 10.1 Å². The Morgan fingerprint density at radius 3 is 2.44 bits per heavy atom. The second kappa shape index (κ2) is 11.6. The number of benzene rings is 2. The number of nitrogens with zero attached hydrogens (tertiary/aromatic N) is 2. The molecule has 0 saturated carbocycles. The first-order chi connectivity index (χ1) is 15.4. The molecule has 0 bridgehead atoms. The number of aryl methyl sites for hydroxylation is 2. The molecule has 0 spiro atoms. The van der Waals surface area contributed by atoms with Crippen LogP contribution in [0.1, 0.15) is 17.5 Å². The van der Waals surface area contributed by atoms with Gasteiger partial charge in [-0.25, -0.2) is 4.98 Å². The van der Waals surface area contributed by atoms with Crippen molar-refractivity contribution in [3.63, 3.8) is 0 Å². The Hall–Kier alpha value is -2.23. The number of aliphatic hydroxyl groups excluding tert-OH is 1. The molecular weight excluding hydrogens is 452 g/mol. The molecule has 1 N–H and O–H groups in total. The number of imidazole rings is 1. The predicted octanol–water partition coefficient (Wildman–Crippen LogP) is 3.63. The van der Waals surface area contributed by atoms with Crippen molar-refractivity contribution in [2.75, 3.05) is 13.2 Å². The van der Waals surface area contributed by atoms with Crippen LogP contribution >= 0.6 is 11.6 Å². The van der Waals surface area contributed by atoms with Gasteiger partial charge in [-0.05, 0) is 49.6 Å². The van der Waals surface area contributed by atoms with Crippen molar-refractivity contribution in [2.24, 2.45) is 0 Å². The van der Waals surface area contributed by atoms with Gasteiger partial charge in [-0.2, -0.15) is 8.42 Å². The Bertz CT molecular complexity index is 1050. The highest BCUT2D eigenvalue weighted by molar-refractivity contribution is 7.86. The number of aromatic nitrogens is 2. The summed E-state index contributed by atoms with van der Waals surface area (Å²) in [5, 5.41) is 10.5. The van der Waals surface area contributed by atoms with Gasteiger partial charge in [-0.3, -0.25) is 4.18 Å². The van der Waals surface area contributed by atoms with Crippen LogP contribution in [0.4, 0.5) is 0 Å². The van der Waals surface area contributed by atoms with Crippen molar-refractivity contribution in [3.8, 4) is 0 Å². The fourth-order valence-electron chi connectivity index (χ4n) is 3.16. The first kappa shape index (κ1) is 24.4. The molecule has 2 aromatic carbocycles. The number of aliphatic hydroxyl groups is 1. The summed E-state index contributed by atoms with van der Waals surface area (Å²) >= 11 is 5.95. The van der Waals surface area contributed by atoms with E-state index in [1.165, 1.54) is 12.1 Å². The molecule has 1 aromatic heterocycles. The molecule has 0 aliphatic rings. The predicted molar refractivity (Wildman–Crippen MR) is 122 cm³/mol. The van der Waals surface area contributed by atoms with Gasteiger partial charge in [0.1, 0.15) is 6.10 Å². The molecule has 0 fully saturated rings. The molecule has 0 radical (unpaired) electrons. The number of halogens is 1. The van der Waals surface area contributed by atoms with E-state index >= 15 is 0 Å². The minimum absolute atomic E-state index is 0.0671. The van der Waals surface area contributed by atoms with E-state index in [-0.39, 0.29) is 24.2 Å². The van der Waals surface area contributed by atoms with E-state index in [2.05, 4.69) is 4.98 Å². The lowest BCUT2D eigenvalue weighted by molar-refractivity contribution is -0.0657. The summed E-state index contributed by atoms with van der Waals surface area (Å²) in [4.78, 5) is 4.12. The normalized spacial score (nSPS) is 13.7. The Balaban J connectivity index is 1.62. The highest BCUT2D eigenvalue weighted by Crippen LogP contribution is 2.17. The van der Waals surface area contributed by atoms with E-state index < -0.39 is 16.2 Å². The number of ether oxygens (including phenoxy) is 1. The molecule has 32 heavy (non-hydrogen) atoms. The number of rotatable bonds is 12. The summed E-state index contributed by atoms with van der Waals surface area (Å²) < 4.78 is 38.0. The Labute approximate surface area is 193 Å². The van der Waals surface area contributed by atoms with Crippen molar-refractivity contribution < 1.29 is 22.4 Å². The topological polar surface area (TPSA) is 90.7 Å². The minimum atomic E-state index is -3.95. The van der Waals surface area contributed by atoms with E-state index in [0.717, 1.165) is 17.5 Å². The van der Waals surface area contributed by atoms with Gasteiger partial charge >= 0.3 is 0 Å². The molecule has 7 nitrogen and oxygen atoms in total. The summed E-state index contributed by atoms with van der Waals surface area (Å²) in [5.41, 5.74) is 2.05. The van der Waals surface area contributed by atoms with Crippen LogP contribution in [0, 0.1) is 6.92 Å². The molecule has 1 heterocycles. The zero-order valence-electron chi connectivity index (χ0n) is 17.8. The zero-order chi connectivity index (χ0) is 23.0. The third-order valence-corrected chi connectivity index (χ3v) is 6.50. The monoisotopic (exact) mass is 478 g/mol. The van der Waals surface area contributed by atoms with Crippen LogP contribution in [0.2, 0.25) is 5.02 Å². The Kier molecular flexibility index (Phi) is 8.84. The van der Waals surface area contributed by atoms with E-state index in [4.69, 9.17) is 20.5 Å².